The first-order chi connectivity index (χ1) is 14.6. The molecule has 3 rings (SSSR count). The van der Waals surface area contributed by atoms with Crippen LogP contribution >= 0.6 is 0 Å². The third-order valence-corrected chi connectivity index (χ3v) is 4.86. The molecule has 0 saturated carbocycles. The number of hydrogen-bond acceptors (Lipinski definition) is 3. The van der Waals surface area contributed by atoms with Crippen molar-refractivity contribution in [2.24, 2.45) is 0 Å². The monoisotopic (exact) mass is 408 g/mol. The summed E-state index contributed by atoms with van der Waals surface area (Å²) in [5.41, 5.74) is 1.71. The third kappa shape index (κ3) is 5.80. The molecule has 0 fully saturated rings. The summed E-state index contributed by atoms with van der Waals surface area (Å²) in [4.78, 5) is 27.5. The molecular formula is C24H25FN2O3. The van der Waals surface area contributed by atoms with E-state index in [0.717, 1.165) is 11.1 Å². The summed E-state index contributed by atoms with van der Waals surface area (Å²) in [5.74, 6) is -0.120. The average molecular weight is 408 g/mol. The number of rotatable bonds is 9. The van der Waals surface area contributed by atoms with E-state index in [1.165, 1.54) is 12.1 Å². The molecule has 6 heteroatoms. The zero-order valence-corrected chi connectivity index (χ0v) is 16.9. The number of benzene rings is 2. The van der Waals surface area contributed by atoms with Crippen molar-refractivity contribution in [2.45, 2.75) is 38.9 Å². The molecule has 30 heavy (non-hydrogen) atoms. The highest BCUT2D eigenvalue weighted by Gasteiger charge is 2.29. The van der Waals surface area contributed by atoms with Crippen LogP contribution in [0.3, 0.4) is 0 Å². The van der Waals surface area contributed by atoms with E-state index in [1.807, 2.05) is 30.3 Å². The van der Waals surface area contributed by atoms with Gasteiger partial charge in [0.05, 0.1) is 12.8 Å². The molecule has 0 aliphatic rings. The fourth-order valence-electron chi connectivity index (χ4n) is 3.25. The maximum absolute atomic E-state index is 13.3. The molecule has 0 spiro atoms. The van der Waals surface area contributed by atoms with Crippen molar-refractivity contribution >= 4 is 11.8 Å². The van der Waals surface area contributed by atoms with Crippen LogP contribution in [0.1, 0.15) is 30.2 Å². The second-order valence-corrected chi connectivity index (χ2v) is 7.00. The van der Waals surface area contributed by atoms with Crippen LogP contribution in [-0.4, -0.2) is 22.8 Å². The van der Waals surface area contributed by atoms with Gasteiger partial charge in [-0.2, -0.15) is 0 Å². The number of halogens is 1. The van der Waals surface area contributed by atoms with E-state index >= 15 is 0 Å². The SMILES string of the molecule is CCC(=O)N(Cc1ccc(F)cc1)C(Cc1ccccc1)C(=O)NCc1ccco1. The summed E-state index contributed by atoms with van der Waals surface area (Å²) >= 11 is 0. The van der Waals surface area contributed by atoms with Gasteiger partial charge in [-0.05, 0) is 35.4 Å². The van der Waals surface area contributed by atoms with Gasteiger partial charge in [0.2, 0.25) is 11.8 Å². The second-order valence-electron chi connectivity index (χ2n) is 7.00. The van der Waals surface area contributed by atoms with Crippen LogP contribution in [0.5, 0.6) is 0 Å². The van der Waals surface area contributed by atoms with Crippen LogP contribution in [0.25, 0.3) is 0 Å². The van der Waals surface area contributed by atoms with Gasteiger partial charge in [-0.3, -0.25) is 9.59 Å². The van der Waals surface area contributed by atoms with Gasteiger partial charge in [0.1, 0.15) is 17.6 Å². The Morgan fingerprint density at radius 2 is 1.73 bits per heavy atom. The van der Waals surface area contributed by atoms with Gasteiger partial charge in [0.15, 0.2) is 0 Å². The fourth-order valence-corrected chi connectivity index (χ4v) is 3.25. The zero-order valence-electron chi connectivity index (χ0n) is 16.9. The summed E-state index contributed by atoms with van der Waals surface area (Å²) < 4.78 is 18.6. The molecule has 0 bridgehead atoms. The number of carbonyl (C=O) groups is 2. The highest BCUT2D eigenvalue weighted by Crippen LogP contribution is 2.16. The van der Waals surface area contributed by atoms with Gasteiger partial charge in [0, 0.05) is 19.4 Å². The van der Waals surface area contributed by atoms with E-state index in [4.69, 9.17) is 4.42 Å². The average Bonchev–Trinajstić information content (AvgIpc) is 3.29. The van der Waals surface area contributed by atoms with Crippen LogP contribution in [0.4, 0.5) is 4.39 Å². The van der Waals surface area contributed by atoms with Crippen molar-refractivity contribution in [1.82, 2.24) is 10.2 Å². The molecule has 5 nitrogen and oxygen atoms in total. The Morgan fingerprint density at radius 3 is 2.37 bits per heavy atom. The van der Waals surface area contributed by atoms with E-state index in [9.17, 15) is 14.0 Å². The zero-order chi connectivity index (χ0) is 21.3. The first kappa shape index (κ1) is 21.3. The Labute approximate surface area is 175 Å². The molecule has 156 valence electrons. The molecule has 0 radical (unpaired) electrons. The lowest BCUT2D eigenvalue weighted by atomic mass is 10.0. The molecule has 1 aromatic heterocycles. The van der Waals surface area contributed by atoms with Gasteiger partial charge in [-0.1, -0.05) is 49.4 Å². The standard InChI is InChI=1S/C24H25FN2O3/c1-2-23(28)27(17-19-10-12-20(25)13-11-19)22(15-18-7-4-3-5-8-18)24(29)26-16-21-9-6-14-30-21/h3-14,22H,2,15-17H2,1H3,(H,26,29). The Bertz CT molecular complexity index is 940. The number of nitrogens with one attached hydrogen (secondary N) is 1. The molecule has 1 heterocycles. The van der Waals surface area contributed by atoms with Crippen molar-refractivity contribution in [3.63, 3.8) is 0 Å². The lowest BCUT2D eigenvalue weighted by Gasteiger charge is -2.31. The smallest absolute Gasteiger partial charge is 0.243 e. The Balaban J connectivity index is 1.85. The van der Waals surface area contributed by atoms with Crippen molar-refractivity contribution in [3.05, 3.63) is 95.7 Å². The largest absolute Gasteiger partial charge is 0.467 e. The summed E-state index contributed by atoms with van der Waals surface area (Å²) in [7, 11) is 0. The van der Waals surface area contributed by atoms with Crippen molar-refractivity contribution < 1.29 is 18.4 Å². The van der Waals surface area contributed by atoms with E-state index in [1.54, 1.807) is 42.4 Å². The molecule has 1 atom stereocenters. The van der Waals surface area contributed by atoms with E-state index in [2.05, 4.69) is 5.32 Å². The first-order valence-electron chi connectivity index (χ1n) is 9.94. The first-order valence-corrected chi connectivity index (χ1v) is 9.94. The summed E-state index contributed by atoms with van der Waals surface area (Å²) in [6.45, 7) is 2.22. The number of hydrogen-bond donors (Lipinski definition) is 1. The molecule has 1 unspecified atom stereocenters. The van der Waals surface area contributed by atoms with Crippen molar-refractivity contribution in [1.29, 1.82) is 0 Å². The maximum Gasteiger partial charge on any atom is 0.243 e. The van der Waals surface area contributed by atoms with Gasteiger partial charge in [-0.25, -0.2) is 4.39 Å². The van der Waals surface area contributed by atoms with E-state index in [0.29, 0.717) is 12.2 Å². The molecule has 0 aliphatic carbocycles. The van der Waals surface area contributed by atoms with Gasteiger partial charge < -0.3 is 14.6 Å². The summed E-state index contributed by atoms with van der Waals surface area (Å²) in [6.07, 6.45) is 2.18. The number of furan rings is 1. The normalized spacial score (nSPS) is 11.7. The molecule has 0 aliphatic heterocycles. The van der Waals surface area contributed by atoms with Crippen molar-refractivity contribution in [3.8, 4) is 0 Å². The molecule has 1 N–H and O–H groups in total. The van der Waals surface area contributed by atoms with Gasteiger partial charge >= 0.3 is 0 Å². The summed E-state index contributed by atoms with van der Waals surface area (Å²) in [6, 6.07) is 18.4. The van der Waals surface area contributed by atoms with Crippen LogP contribution in [0.15, 0.2) is 77.4 Å². The highest BCUT2D eigenvalue weighted by atomic mass is 19.1. The van der Waals surface area contributed by atoms with Crippen LogP contribution < -0.4 is 5.32 Å². The topological polar surface area (TPSA) is 62.6 Å². The predicted octanol–water partition coefficient (Wildman–Crippen LogP) is 4.09. The summed E-state index contributed by atoms with van der Waals surface area (Å²) in [5, 5.41) is 2.87. The second kappa shape index (κ2) is 10.4. The molecular weight excluding hydrogens is 383 g/mol. The molecule has 2 aromatic carbocycles. The van der Waals surface area contributed by atoms with Crippen LogP contribution in [0.2, 0.25) is 0 Å². The van der Waals surface area contributed by atoms with Gasteiger partial charge in [0.25, 0.3) is 0 Å². The van der Waals surface area contributed by atoms with Crippen molar-refractivity contribution in [2.75, 3.05) is 0 Å². The maximum atomic E-state index is 13.3. The van der Waals surface area contributed by atoms with Crippen LogP contribution in [0, 0.1) is 5.82 Å². The quantitative estimate of drug-likeness (QED) is 0.580. The lowest BCUT2D eigenvalue weighted by molar-refractivity contribution is -0.141. The minimum Gasteiger partial charge on any atom is -0.467 e. The minimum absolute atomic E-state index is 0.145. The molecule has 3 aromatic rings. The van der Waals surface area contributed by atoms with E-state index < -0.39 is 6.04 Å². The Hall–Kier alpha value is -3.41. The number of amides is 2. The fraction of sp³-hybridized carbons (Fsp3) is 0.250. The minimum atomic E-state index is -0.708. The molecule has 0 saturated heterocycles. The van der Waals surface area contributed by atoms with E-state index in [-0.39, 0.29) is 37.1 Å². The Kier molecular flexibility index (Phi) is 7.38. The highest BCUT2D eigenvalue weighted by molar-refractivity contribution is 5.87. The predicted molar refractivity (Wildman–Crippen MR) is 112 cm³/mol. The third-order valence-electron chi connectivity index (χ3n) is 4.86. The van der Waals surface area contributed by atoms with Gasteiger partial charge in [-0.15, -0.1) is 0 Å². The molecule has 2 amide bonds. The number of nitrogens with zero attached hydrogens (tertiary/aromatic N) is 1. The lowest BCUT2D eigenvalue weighted by Crippen LogP contribution is -2.50. The van der Waals surface area contributed by atoms with Crippen LogP contribution in [-0.2, 0) is 29.1 Å². The number of carbonyl (C=O) groups excluding carboxylic acids is 2. The Morgan fingerprint density at radius 1 is 1.00 bits per heavy atom.